The lowest BCUT2D eigenvalue weighted by atomic mass is 9.94. The van der Waals surface area contributed by atoms with Gasteiger partial charge >= 0.3 is 0 Å². The number of fused-ring (bicyclic) bond motifs is 1. The fourth-order valence-corrected chi connectivity index (χ4v) is 4.45. The first-order valence-electron chi connectivity index (χ1n) is 11.6. The van der Waals surface area contributed by atoms with Gasteiger partial charge in [-0.2, -0.15) is 5.10 Å². The second-order valence-electron chi connectivity index (χ2n) is 10.5. The first-order valence-corrected chi connectivity index (χ1v) is 11.6. The first kappa shape index (κ1) is 21.8. The minimum Gasteiger partial charge on any atom is -0.354 e. The lowest BCUT2D eigenvalue weighted by Crippen LogP contribution is -2.44. The SMILES string of the molecule is Cc1nn(C(C)(C)C)c2nc(C3CC3)cc(C(=O)N3CCC(C(=O)NC(C)C)CC3)c12. The smallest absolute Gasteiger partial charge is 0.254 e. The van der Waals surface area contributed by atoms with Gasteiger partial charge in [-0.05, 0) is 73.3 Å². The van der Waals surface area contributed by atoms with E-state index < -0.39 is 0 Å². The van der Waals surface area contributed by atoms with Gasteiger partial charge in [0.15, 0.2) is 5.65 Å². The fourth-order valence-electron chi connectivity index (χ4n) is 4.45. The maximum atomic E-state index is 13.6. The van der Waals surface area contributed by atoms with Crippen LogP contribution in [0.4, 0.5) is 0 Å². The van der Waals surface area contributed by atoms with Crippen LogP contribution in [0, 0.1) is 12.8 Å². The standard InChI is InChI=1S/C24H35N5O2/c1-14(2)25-22(30)17-9-11-28(12-10-17)23(31)18-13-19(16-7-8-16)26-21-20(18)15(3)27-29(21)24(4,5)6/h13-14,16-17H,7-12H2,1-6H3,(H,25,30). The van der Waals surface area contributed by atoms with E-state index in [0.29, 0.717) is 37.4 Å². The molecule has 2 aromatic heterocycles. The van der Waals surface area contributed by atoms with Crippen LogP contribution in [0.15, 0.2) is 6.07 Å². The molecule has 1 saturated carbocycles. The van der Waals surface area contributed by atoms with Gasteiger partial charge in [0.25, 0.3) is 5.91 Å². The molecule has 0 aromatic carbocycles. The molecule has 2 amide bonds. The molecule has 0 atom stereocenters. The normalized spacial score (nSPS) is 18.1. The number of carbonyl (C=O) groups is 2. The maximum Gasteiger partial charge on any atom is 0.254 e. The first-order chi connectivity index (χ1) is 14.6. The van der Waals surface area contributed by atoms with Crippen LogP contribution >= 0.6 is 0 Å². The Morgan fingerprint density at radius 3 is 2.32 bits per heavy atom. The summed E-state index contributed by atoms with van der Waals surface area (Å²) in [7, 11) is 0. The summed E-state index contributed by atoms with van der Waals surface area (Å²) in [6, 6.07) is 2.14. The zero-order valence-corrected chi connectivity index (χ0v) is 19.7. The molecule has 1 saturated heterocycles. The Balaban J connectivity index is 1.64. The molecule has 4 rings (SSSR count). The highest BCUT2D eigenvalue weighted by atomic mass is 16.2. The molecule has 3 heterocycles. The Morgan fingerprint density at radius 1 is 1.13 bits per heavy atom. The minimum absolute atomic E-state index is 0.0173. The van der Waals surface area contributed by atoms with Gasteiger partial charge in [0, 0.05) is 36.7 Å². The summed E-state index contributed by atoms with van der Waals surface area (Å²) in [5.41, 5.74) is 3.15. The summed E-state index contributed by atoms with van der Waals surface area (Å²) < 4.78 is 1.96. The largest absolute Gasteiger partial charge is 0.354 e. The second-order valence-corrected chi connectivity index (χ2v) is 10.5. The molecule has 0 bridgehead atoms. The van der Waals surface area contributed by atoms with Crippen molar-refractivity contribution in [3.8, 4) is 0 Å². The van der Waals surface area contributed by atoms with E-state index in [-0.39, 0.29) is 29.3 Å². The van der Waals surface area contributed by atoms with Gasteiger partial charge < -0.3 is 10.2 Å². The van der Waals surface area contributed by atoms with Crippen molar-refractivity contribution >= 4 is 22.8 Å². The number of aromatic nitrogens is 3. The summed E-state index contributed by atoms with van der Waals surface area (Å²) in [6.07, 6.45) is 3.67. The summed E-state index contributed by atoms with van der Waals surface area (Å²) in [4.78, 5) is 32.9. The summed E-state index contributed by atoms with van der Waals surface area (Å²) in [5, 5.41) is 8.63. The van der Waals surface area contributed by atoms with Crippen LogP contribution in [0.3, 0.4) is 0 Å². The minimum atomic E-state index is -0.218. The zero-order chi connectivity index (χ0) is 22.5. The molecule has 31 heavy (non-hydrogen) atoms. The van der Waals surface area contributed by atoms with Crippen molar-refractivity contribution in [1.29, 1.82) is 0 Å². The molecule has 7 heteroatoms. The van der Waals surface area contributed by atoms with Crippen molar-refractivity contribution in [2.75, 3.05) is 13.1 Å². The molecule has 0 spiro atoms. The number of piperidine rings is 1. The van der Waals surface area contributed by atoms with E-state index in [2.05, 4.69) is 26.1 Å². The van der Waals surface area contributed by atoms with Gasteiger partial charge in [0.1, 0.15) is 0 Å². The van der Waals surface area contributed by atoms with Crippen LogP contribution in [-0.4, -0.2) is 50.6 Å². The highest BCUT2D eigenvalue weighted by Crippen LogP contribution is 2.41. The van der Waals surface area contributed by atoms with Crippen LogP contribution in [0.25, 0.3) is 11.0 Å². The van der Waals surface area contributed by atoms with E-state index in [0.717, 1.165) is 35.3 Å². The van der Waals surface area contributed by atoms with Crippen molar-refractivity contribution in [2.24, 2.45) is 5.92 Å². The number of hydrogen-bond acceptors (Lipinski definition) is 4. The van der Waals surface area contributed by atoms with E-state index in [1.165, 1.54) is 0 Å². The maximum absolute atomic E-state index is 13.6. The number of hydrogen-bond donors (Lipinski definition) is 1. The summed E-state index contributed by atoms with van der Waals surface area (Å²) >= 11 is 0. The van der Waals surface area contributed by atoms with Gasteiger partial charge in [0.05, 0.1) is 22.2 Å². The number of aryl methyl sites for hydroxylation is 1. The Hall–Kier alpha value is -2.44. The molecule has 0 radical (unpaired) electrons. The lowest BCUT2D eigenvalue weighted by Gasteiger charge is -2.32. The van der Waals surface area contributed by atoms with E-state index in [1.54, 1.807) is 0 Å². The van der Waals surface area contributed by atoms with Crippen LogP contribution in [0.1, 0.15) is 88.0 Å². The summed E-state index contributed by atoms with van der Waals surface area (Å²) in [6.45, 7) is 13.4. The number of nitrogens with zero attached hydrogens (tertiary/aromatic N) is 4. The van der Waals surface area contributed by atoms with E-state index in [9.17, 15) is 9.59 Å². The predicted molar refractivity (Wildman–Crippen MR) is 121 cm³/mol. The number of nitrogens with one attached hydrogen (secondary N) is 1. The number of rotatable bonds is 4. The molecular weight excluding hydrogens is 390 g/mol. The molecular formula is C24H35N5O2. The van der Waals surface area contributed by atoms with Crippen molar-refractivity contribution < 1.29 is 9.59 Å². The van der Waals surface area contributed by atoms with Gasteiger partial charge in [-0.1, -0.05) is 0 Å². The Labute approximate surface area is 184 Å². The number of pyridine rings is 1. The second kappa shape index (κ2) is 7.92. The molecule has 0 unspecified atom stereocenters. The van der Waals surface area contributed by atoms with Gasteiger partial charge in [0.2, 0.25) is 5.91 Å². The average molecular weight is 426 g/mol. The highest BCUT2D eigenvalue weighted by molar-refractivity contribution is 6.06. The topological polar surface area (TPSA) is 80.1 Å². The van der Waals surface area contributed by atoms with E-state index >= 15 is 0 Å². The molecule has 2 aliphatic rings. The van der Waals surface area contributed by atoms with E-state index in [4.69, 9.17) is 10.1 Å². The average Bonchev–Trinajstić information content (AvgIpc) is 3.49. The van der Waals surface area contributed by atoms with Gasteiger partial charge in [-0.25, -0.2) is 9.67 Å². The number of carbonyl (C=O) groups excluding carboxylic acids is 2. The molecule has 7 nitrogen and oxygen atoms in total. The Bertz CT molecular complexity index is 1010. The van der Waals surface area contributed by atoms with Crippen LogP contribution in [0.2, 0.25) is 0 Å². The van der Waals surface area contributed by atoms with Crippen LogP contribution in [0.5, 0.6) is 0 Å². The molecule has 168 valence electrons. The van der Waals surface area contributed by atoms with Gasteiger partial charge in [-0.3, -0.25) is 9.59 Å². The lowest BCUT2D eigenvalue weighted by molar-refractivity contribution is -0.126. The molecule has 2 fully saturated rings. The van der Waals surface area contributed by atoms with Crippen molar-refractivity contribution in [3.63, 3.8) is 0 Å². The van der Waals surface area contributed by atoms with Crippen molar-refractivity contribution in [2.45, 2.75) is 84.7 Å². The zero-order valence-electron chi connectivity index (χ0n) is 19.7. The van der Waals surface area contributed by atoms with Crippen LogP contribution in [-0.2, 0) is 10.3 Å². The van der Waals surface area contributed by atoms with Crippen LogP contribution < -0.4 is 5.32 Å². The number of amides is 2. The van der Waals surface area contributed by atoms with Crippen molar-refractivity contribution in [1.82, 2.24) is 25.0 Å². The molecule has 1 aliphatic heterocycles. The molecule has 2 aromatic rings. The predicted octanol–water partition coefficient (Wildman–Crippen LogP) is 3.75. The quantitative estimate of drug-likeness (QED) is 0.809. The third-order valence-electron chi connectivity index (χ3n) is 6.28. The van der Waals surface area contributed by atoms with Gasteiger partial charge in [-0.15, -0.1) is 0 Å². The third kappa shape index (κ3) is 4.32. The van der Waals surface area contributed by atoms with Crippen molar-refractivity contribution in [3.05, 3.63) is 23.0 Å². The Kier molecular flexibility index (Phi) is 5.56. The van der Waals surface area contributed by atoms with E-state index in [1.807, 2.05) is 36.4 Å². The monoisotopic (exact) mass is 425 g/mol. The third-order valence-corrected chi connectivity index (χ3v) is 6.28. The highest BCUT2D eigenvalue weighted by Gasteiger charge is 2.33. The molecule has 1 N–H and O–H groups in total. The summed E-state index contributed by atoms with van der Waals surface area (Å²) in [5.74, 6) is 0.571. The Morgan fingerprint density at radius 2 is 1.77 bits per heavy atom. The molecule has 1 aliphatic carbocycles. The number of likely N-dealkylation sites (tertiary alicyclic amines) is 1. The fraction of sp³-hybridized carbons (Fsp3) is 0.667.